The van der Waals surface area contributed by atoms with Crippen LogP contribution in [0.15, 0.2) is 30.3 Å². The van der Waals surface area contributed by atoms with Gasteiger partial charge >= 0.3 is 0 Å². The highest BCUT2D eigenvalue weighted by molar-refractivity contribution is 5.14. The molecular weight excluding hydrogens is 198 g/mol. The van der Waals surface area contributed by atoms with Crippen LogP contribution in [0.3, 0.4) is 0 Å². The highest BCUT2D eigenvalue weighted by Crippen LogP contribution is 2.05. The Balaban J connectivity index is 2.31. The van der Waals surface area contributed by atoms with Crippen LogP contribution in [0.5, 0.6) is 0 Å². The standard InChI is InChI=1S/C14H23NO/c1-3-11-15-14(12-16-2)10-9-13-7-5-4-6-8-13/h4-8,14-15H,3,9-12H2,1-2H3. The topological polar surface area (TPSA) is 21.3 Å². The van der Waals surface area contributed by atoms with Crippen LogP contribution in [0.2, 0.25) is 0 Å². The first-order valence-electron chi connectivity index (χ1n) is 6.13. The molecule has 0 aliphatic carbocycles. The van der Waals surface area contributed by atoms with Crippen molar-refractivity contribution in [2.45, 2.75) is 32.2 Å². The second-order valence-corrected chi connectivity index (χ2v) is 4.13. The fourth-order valence-electron chi connectivity index (χ4n) is 1.78. The van der Waals surface area contributed by atoms with Gasteiger partial charge in [-0.2, -0.15) is 0 Å². The van der Waals surface area contributed by atoms with E-state index in [0.717, 1.165) is 26.0 Å². The molecule has 2 heteroatoms. The van der Waals surface area contributed by atoms with Gasteiger partial charge in [0.15, 0.2) is 0 Å². The van der Waals surface area contributed by atoms with Gasteiger partial charge in [0.05, 0.1) is 6.61 Å². The first-order chi connectivity index (χ1) is 7.86. The monoisotopic (exact) mass is 221 g/mol. The van der Waals surface area contributed by atoms with Crippen LogP contribution in [-0.4, -0.2) is 26.3 Å². The van der Waals surface area contributed by atoms with E-state index in [-0.39, 0.29) is 0 Å². The van der Waals surface area contributed by atoms with Crippen LogP contribution in [0.25, 0.3) is 0 Å². The maximum Gasteiger partial charge on any atom is 0.0615 e. The summed E-state index contributed by atoms with van der Waals surface area (Å²) < 4.78 is 5.23. The number of methoxy groups -OCH3 is 1. The predicted octanol–water partition coefficient (Wildman–Crippen LogP) is 2.63. The van der Waals surface area contributed by atoms with Gasteiger partial charge in [0.1, 0.15) is 0 Å². The van der Waals surface area contributed by atoms with Crippen molar-refractivity contribution in [3.05, 3.63) is 35.9 Å². The molecule has 0 radical (unpaired) electrons. The lowest BCUT2D eigenvalue weighted by molar-refractivity contribution is 0.162. The average Bonchev–Trinajstić information content (AvgIpc) is 2.34. The third-order valence-electron chi connectivity index (χ3n) is 2.68. The smallest absolute Gasteiger partial charge is 0.0615 e. The lowest BCUT2D eigenvalue weighted by Gasteiger charge is -2.17. The second-order valence-electron chi connectivity index (χ2n) is 4.13. The molecule has 0 fully saturated rings. The van der Waals surface area contributed by atoms with Gasteiger partial charge in [-0.3, -0.25) is 0 Å². The van der Waals surface area contributed by atoms with Gasteiger partial charge in [0.25, 0.3) is 0 Å². The zero-order valence-electron chi connectivity index (χ0n) is 10.4. The van der Waals surface area contributed by atoms with E-state index >= 15 is 0 Å². The minimum absolute atomic E-state index is 0.477. The summed E-state index contributed by atoms with van der Waals surface area (Å²) >= 11 is 0. The molecule has 16 heavy (non-hydrogen) atoms. The van der Waals surface area contributed by atoms with Crippen LogP contribution >= 0.6 is 0 Å². The van der Waals surface area contributed by atoms with Crippen LogP contribution in [0.1, 0.15) is 25.3 Å². The molecule has 90 valence electrons. The van der Waals surface area contributed by atoms with E-state index in [1.807, 2.05) is 0 Å². The molecule has 0 aliphatic heterocycles. The Morgan fingerprint density at radius 2 is 2.00 bits per heavy atom. The lowest BCUT2D eigenvalue weighted by Crippen LogP contribution is -2.34. The zero-order chi connectivity index (χ0) is 11.6. The average molecular weight is 221 g/mol. The van der Waals surface area contributed by atoms with Crippen LogP contribution in [-0.2, 0) is 11.2 Å². The van der Waals surface area contributed by atoms with E-state index in [2.05, 4.69) is 42.6 Å². The molecule has 0 heterocycles. The van der Waals surface area contributed by atoms with E-state index in [0.29, 0.717) is 6.04 Å². The Hall–Kier alpha value is -0.860. The zero-order valence-corrected chi connectivity index (χ0v) is 10.4. The van der Waals surface area contributed by atoms with Crippen LogP contribution in [0, 0.1) is 0 Å². The summed E-state index contributed by atoms with van der Waals surface area (Å²) in [5, 5.41) is 3.52. The fraction of sp³-hybridized carbons (Fsp3) is 0.571. The van der Waals surface area contributed by atoms with Gasteiger partial charge in [0, 0.05) is 13.2 Å². The number of hydrogen-bond donors (Lipinski definition) is 1. The molecule has 1 atom stereocenters. The first-order valence-corrected chi connectivity index (χ1v) is 6.13. The predicted molar refractivity (Wildman–Crippen MR) is 68.7 cm³/mol. The van der Waals surface area contributed by atoms with E-state index < -0.39 is 0 Å². The number of ether oxygens (including phenoxy) is 1. The third kappa shape index (κ3) is 5.29. The third-order valence-corrected chi connectivity index (χ3v) is 2.68. The molecule has 1 rings (SSSR count). The molecule has 0 aromatic heterocycles. The van der Waals surface area contributed by atoms with Crippen molar-refractivity contribution in [1.29, 1.82) is 0 Å². The number of benzene rings is 1. The van der Waals surface area contributed by atoms with Gasteiger partial charge in [-0.15, -0.1) is 0 Å². The van der Waals surface area contributed by atoms with Crippen molar-refractivity contribution in [2.24, 2.45) is 0 Å². The van der Waals surface area contributed by atoms with Gasteiger partial charge < -0.3 is 10.1 Å². The minimum atomic E-state index is 0.477. The Kier molecular flexibility index (Phi) is 6.86. The Morgan fingerprint density at radius 3 is 2.62 bits per heavy atom. The number of rotatable bonds is 8. The maximum atomic E-state index is 5.23. The number of nitrogens with one attached hydrogen (secondary N) is 1. The van der Waals surface area contributed by atoms with Crippen molar-refractivity contribution in [2.75, 3.05) is 20.3 Å². The number of hydrogen-bond acceptors (Lipinski definition) is 2. The van der Waals surface area contributed by atoms with Gasteiger partial charge in [-0.25, -0.2) is 0 Å². The molecule has 0 saturated heterocycles. The second kappa shape index (κ2) is 8.31. The van der Waals surface area contributed by atoms with E-state index in [1.54, 1.807) is 7.11 Å². The SMILES string of the molecule is CCCNC(CCc1ccccc1)COC. The van der Waals surface area contributed by atoms with E-state index in [9.17, 15) is 0 Å². The van der Waals surface area contributed by atoms with Gasteiger partial charge in [0.2, 0.25) is 0 Å². The summed E-state index contributed by atoms with van der Waals surface area (Å²) in [6.07, 6.45) is 3.43. The quantitative estimate of drug-likeness (QED) is 0.728. The van der Waals surface area contributed by atoms with Crippen LogP contribution < -0.4 is 5.32 Å². The highest BCUT2D eigenvalue weighted by atomic mass is 16.5. The van der Waals surface area contributed by atoms with Crippen molar-refractivity contribution in [3.63, 3.8) is 0 Å². The minimum Gasteiger partial charge on any atom is -0.383 e. The molecule has 0 amide bonds. The van der Waals surface area contributed by atoms with Crippen LogP contribution in [0.4, 0.5) is 0 Å². The van der Waals surface area contributed by atoms with Crippen molar-refractivity contribution >= 4 is 0 Å². The molecule has 0 aliphatic rings. The molecule has 1 N–H and O–H groups in total. The molecule has 0 saturated carbocycles. The molecule has 1 aromatic rings. The van der Waals surface area contributed by atoms with E-state index in [1.165, 1.54) is 12.0 Å². The Bertz CT molecular complexity index is 261. The largest absolute Gasteiger partial charge is 0.383 e. The molecule has 1 unspecified atom stereocenters. The van der Waals surface area contributed by atoms with E-state index in [4.69, 9.17) is 4.74 Å². The van der Waals surface area contributed by atoms with Gasteiger partial charge in [-0.05, 0) is 31.4 Å². The summed E-state index contributed by atoms with van der Waals surface area (Å²) in [6.45, 7) is 4.06. The Morgan fingerprint density at radius 1 is 1.25 bits per heavy atom. The summed E-state index contributed by atoms with van der Waals surface area (Å²) in [5.74, 6) is 0. The summed E-state index contributed by atoms with van der Waals surface area (Å²) in [6, 6.07) is 11.1. The fourth-order valence-corrected chi connectivity index (χ4v) is 1.78. The lowest BCUT2D eigenvalue weighted by atomic mass is 10.1. The van der Waals surface area contributed by atoms with Gasteiger partial charge in [-0.1, -0.05) is 37.3 Å². The number of aryl methyl sites for hydroxylation is 1. The molecular formula is C14H23NO. The summed E-state index contributed by atoms with van der Waals surface area (Å²) in [4.78, 5) is 0. The molecule has 1 aromatic carbocycles. The normalized spacial score (nSPS) is 12.6. The molecule has 0 bridgehead atoms. The summed E-state index contributed by atoms with van der Waals surface area (Å²) in [5.41, 5.74) is 1.40. The highest BCUT2D eigenvalue weighted by Gasteiger charge is 2.06. The Labute approximate surface area is 99.0 Å². The maximum absolute atomic E-state index is 5.23. The summed E-state index contributed by atoms with van der Waals surface area (Å²) in [7, 11) is 1.77. The molecule has 2 nitrogen and oxygen atoms in total. The first kappa shape index (κ1) is 13.2. The van der Waals surface area contributed by atoms with Crippen molar-refractivity contribution < 1.29 is 4.74 Å². The van der Waals surface area contributed by atoms with Crippen molar-refractivity contribution in [3.8, 4) is 0 Å². The molecule has 0 spiro atoms. The van der Waals surface area contributed by atoms with Crippen molar-refractivity contribution in [1.82, 2.24) is 5.32 Å².